The predicted molar refractivity (Wildman–Crippen MR) is 81.9 cm³/mol. The van der Waals surface area contributed by atoms with Gasteiger partial charge in [0.05, 0.1) is 6.04 Å². The van der Waals surface area contributed by atoms with E-state index in [0.717, 1.165) is 0 Å². The summed E-state index contributed by atoms with van der Waals surface area (Å²) in [4.78, 5) is 8.23. The first-order valence-corrected chi connectivity index (χ1v) is 7.37. The summed E-state index contributed by atoms with van der Waals surface area (Å²) in [7, 11) is 0. The molecular formula is C17H18N4. The smallest absolute Gasteiger partial charge is 0.182 e. The number of anilines is 1. The van der Waals surface area contributed by atoms with E-state index in [2.05, 4.69) is 46.5 Å². The van der Waals surface area contributed by atoms with E-state index >= 15 is 0 Å². The average Bonchev–Trinajstić information content (AvgIpc) is 2.55. The largest absolute Gasteiger partial charge is 0.361 e. The minimum atomic E-state index is 0.0982. The van der Waals surface area contributed by atoms with Crippen molar-refractivity contribution in [3.05, 3.63) is 53.0 Å². The van der Waals surface area contributed by atoms with Crippen LogP contribution in [0.25, 0.3) is 0 Å². The number of hydrogen-bond acceptors (Lipinski definition) is 4. The lowest BCUT2D eigenvalue weighted by molar-refractivity contribution is 0.683. The molecule has 4 heteroatoms. The van der Waals surface area contributed by atoms with Crippen LogP contribution in [-0.2, 0) is 12.8 Å². The number of rotatable bonds is 3. The van der Waals surface area contributed by atoms with Gasteiger partial charge in [-0.2, -0.15) is 5.26 Å². The molecule has 1 atom stereocenters. The van der Waals surface area contributed by atoms with Crippen LogP contribution < -0.4 is 5.32 Å². The van der Waals surface area contributed by atoms with E-state index in [1.807, 2.05) is 0 Å². The van der Waals surface area contributed by atoms with Crippen LogP contribution in [0.1, 0.15) is 48.2 Å². The first kappa shape index (κ1) is 13.6. The van der Waals surface area contributed by atoms with Crippen molar-refractivity contribution in [3.63, 3.8) is 0 Å². The lowest BCUT2D eigenvalue weighted by atomic mass is 9.89. The van der Waals surface area contributed by atoms with Gasteiger partial charge in [-0.1, -0.05) is 18.2 Å². The fourth-order valence-corrected chi connectivity index (χ4v) is 2.84. The van der Waals surface area contributed by atoms with E-state index < -0.39 is 0 Å². The molecule has 21 heavy (non-hydrogen) atoms. The molecule has 3 rings (SSSR count). The number of nitriles is 1. The summed E-state index contributed by atoms with van der Waals surface area (Å²) in [5.41, 5.74) is 4.51. The van der Waals surface area contributed by atoms with Crippen molar-refractivity contribution < 1.29 is 0 Å². The van der Waals surface area contributed by atoms with Gasteiger partial charge < -0.3 is 5.32 Å². The minimum Gasteiger partial charge on any atom is -0.361 e. The normalized spacial score (nSPS) is 14.9. The van der Waals surface area contributed by atoms with Crippen molar-refractivity contribution in [1.29, 1.82) is 5.26 Å². The second-order valence-corrected chi connectivity index (χ2v) is 5.47. The molecule has 0 bridgehead atoms. The van der Waals surface area contributed by atoms with Gasteiger partial charge in [0, 0.05) is 12.4 Å². The van der Waals surface area contributed by atoms with Crippen LogP contribution in [0.4, 0.5) is 5.82 Å². The third-order valence-electron chi connectivity index (χ3n) is 4.03. The van der Waals surface area contributed by atoms with Crippen LogP contribution in [0.2, 0.25) is 0 Å². The monoisotopic (exact) mass is 278 g/mol. The van der Waals surface area contributed by atoms with E-state index in [9.17, 15) is 0 Å². The van der Waals surface area contributed by atoms with Gasteiger partial charge in [-0.3, -0.25) is 0 Å². The molecule has 0 fully saturated rings. The molecule has 1 heterocycles. The van der Waals surface area contributed by atoms with Crippen molar-refractivity contribution in [2.24, 2.45) is 0 Å². The number of hydrogen-bond donors (Lipinski definition) is 1. The van der Waals surface area contributed by atoms with Crippen LogP contribution in [-0.4, -0.2) is 9.97 Å². The van der Waals surface area contributed by atoms with Gasteiger partial charge in [-0.25, -0.2) is 9.97 Å². The maximum Gasteiger partial charge on any atom is 0.182 e. The van der Waals surface area contributed by atoms with Gasteiger partial charge in [0.2, 0.25) is 0 Å². The van der Waals surface area contributed by atoms with Crippen LogP contribution in [0.5, 0.6) is 0 Å². The first-order valence-electron chi connectivity index (χ1n) is 7.37. The third kappa shape index (κ3) is 2.87. The topological polar surface area (TPSA) is 61.6 Å². The molecule has 4 nitrogen and oxygen atoms in total. The summed E-state index contributed by atoms with van der Waals surface area (Å²) in [5, 5.41) is 12.4. The summed E-state index contributed by atoms with van der Waals surface area (Å²) < 4.78 is 0. The maximum absolute atomic E-state index is 9.07. The summed E-state index contributed by atoms with van der Waals surface area (Å²) in [5.74, 6) is 0.547. The third-order valence-corrected chi connectivity index (χ3v) is 4.03. The van der Waals surface area contributed by atoms with Crippen LogP contribution in [0.15, 0.2) is 30.6 Å². The molecule has 0 amide bonds. The van der Waals surface area contributed by atoms with Crippen LogP contribution in [0, 0.1) is 11.3 Å². The predicted octanol–water partition coefficient (Wildman–Crippen LogP) is 3.40. The minimum absolute atomic E-state index is 0.0982. The number of aryl methyl sites for hydroxylation is 2. The second-order valence-electron chi connectivity index (χ2n) is 5.47. The molecule has 1 aliphatic carbocycles. The van der Waals surface area contributed by atoms with Crippen molar-refractivity contribution in [2.75, 3.05) is 5.32 Å². The molecule has 0 saturated carbocycles. The molecule has 1 aromatic heterocycles. The SMILES string of the molecule is CC(Nc1nccnc1C#N)c1ccc2c(c1)CCCC2. The molecule has 0 spiro atoms. The zero-order valence-corrected chi connectivity index (χ0v) is 12.1. The van der Waals surface area contributed by atoms with E-state index in [0.29, 0.717) is 11.5 Å². The second kappa shape index (κ2) is 5.92. The van der Waals surface area contributed by atoms with E-state index in [1.165, 1.54) is 48.6 Å². The average molecular weight is 278 g/mol. The van der Waals surface area contributed by atoms with Crippen molar-refractivity contribution in [2.45, 2.75) is 38.6 Å². The Bertz CT molecular complexity index is 687. The summed E-state index contributed by atoms with van der Waals surface area (Å²) in [6.07, 6.45) is 8.08. The van der Waals surface area contributed by atoms with Gasteiger partial charge in [0.15, 0.2) is 11.5 Å². The zero-order chi connectivity index (χ0) is 14.7. The Balaban J connectivity index is 1.82. The lowest BCUT2D eigenvalue weighted by Crippen LogP contribution is -2.11. The first-order chi connectivity index (χ1) is 10.3. The van der Waals surface area contributed by atoms with Gasteiger partial charge in [0.1, 0.15) is 6.07 Å². The Morgan fingerprint density at radius 2 is 1.90 bits per heavy atom. The molecule has 1 unspecified atom stereocenters. The highest BCUT2D eigenvalue weighted by molar-refractivity contribution is 5.49. The Hall–Kier alpha value is -2.41. The molecule has 2 aromatic rings. The molecule has 0 radical (unpaired) electrons. The van der Waals surface area contributed by atoms with Crippen molar-refractivity contribution in [3.8, 4) is 6.07 Å². The highest BCUT2D eigenvalue weighted by Crippen LogP contribution is 2.26. The molecule has 1 N–H and O–H groups in total. The standard InChI is InChI=1S/C17H18N4/c1-12(21-17-16(11-18)19-8-9-20-17)14-7-6-13-4-2-3-5-15(13)10-14/h6-10,12H,2-5H2,1H3,(H,20,21). The van der Waals surface area contributed by atoms with Gasteiger partial charge in [0.25, 0.3) is 0 Å². The van der Waals surface area contributed by atoms with Gasteiger partial charge in [-0.15, -0.1) is 0 Å². The Labute approximate surface area is 124 Å². The van der Waals surface area contributed by atoms with E-state index in [-0.39, 0.29) is 6.04 Å². The number of nitrogens with zero attached hydrogens (tertiary/aromatic N) is 3. The molecule has 1 aliphatic rings. The summed E-state index contributed by atoms with van der Waals surface area (Å²) in [6, 6.07) is 8.86. The molecule has 0 saturated heterocycles. The molecule has 106 valence electrons. The van der Waals surface area contributed by atoms with E-state index in [4.69, 9.17) is 5.26 Å². The van der Waals surface area contributed by atoms with E-state index in [1.54, 1.807) is 6.20 Å². The van der Waals surface area contributed by atoms with Crippen LogP contribution >= 0.6 is 0 Å². The van der Waals surface area contributed by atoms with Gasteiger partial charge in [-0.05, 0) is 49.3 Å². The Morgan fingerprint density at radius 3 is 2.71 bits per heavy atom. The van der Waals surface area contributed by atoms with Crippen molar-refractivity contribution >= 4 is 5.82 Å². The fraction of sp³-hybridized carbons (Fsp3) is 0.353. The quantitative estimate of drug-likeness (QED) is 0.934. The zero-order valence-electron chi connectivity index (χ0n) is 12.1. The number of fused-ring (bicyclic) bond motifs is 1. The molecule has 0 aliphatic heterocycles. The highest BCUT2D eigenvalue weighted by Gasteiger charge is 2.14. The molecular weight excluding hydrogens is 260 g/mol. The number of aromatic nitrogens is 2. The fourth-order valence-electron chi connectivity index (χ4n) is 2.84. The summed E-state index contributed by atoms with van der Waals surface area (Å²) >= 11 is 0. The van der Waals surface area contributed by atoms with Crippen LogP contribution in [0.3, 0.4) is 0 Å². The van der Waals surface area contributed by atoms with Crippen molar-refractivity contribution in [1.82, 2.24) is 9.97 Å². The molecule has 1 aromatic carbocycles. The maximum atomic E-state index is 9.07. The Morgan fingerprint density at radius 1 is 1.14 bits per heavy atom. The summed E-state index contributed by atoms with van der Waals surface area (Å²) in [6.45, 7) is 2.08. The Kier molecular flexibility index (Phi) is 3.83. The number of benzene rings is 1. The number of nitrogens with one attached hydrogen (secondary N) is 1. The van der Waals surface area contributed by atoms with Gasteiger partial charge >= 0.3 is 0 Å². The lowest BCUT2D eigenvalue weighted by Gasteiger charge is -2.20. The highest BCUT2D eigenvalue weighted by atomic mass is 15.0.